The van der Waals surface area contributed by atoms with Crippen LogP contribution in [0, 0.1) is 0 Å². The van der Waals surface area contributed by atoms with Crippen LogP contribution in [-0.2, 0) is 11.3 Å². The molecule has 1 amide bonds. The Morgan fingerprint density at radius 3 is 2.68 bits per heavy atom. The van der Waals surface area contributed by atoms with Crippen molar-refractivity contribution in [3.05, 3.63) is 35.4 Å². The van der Waals surface area contributed by atoms with Gasteiger partial charge in [0.05, 0.1) is 19.3 Å². The van der Waals surface area contributed by atoms with Gasteiger partial charge in [0.1, 0.15) is 0 Å². The second-order valence-corrected chi connectivity index (χ2v) is 4.33. The van der Waals surface area contributed by atoms with Gasteiger partial charge in [-0.2, -0.15) is 0 Å². The number of rotatable bonds is 3. The van der Waals surface area contributed by atoms with Gasteiger partial charge in [-0.25, -0.2) is 0 Å². The van der Waals surface area contributed by atoms with Gasteiger partial charge < -0.3 is 20.5 Å². The number of carbonyl (C=O) groups excluding carboxylic acids is 1. The summed E-state index contributed by atoms with van der Waals surface area (Å²) in [5.74, 6) is -0.0275. The fourth-order valence-corrected chi connectivity index (χ4v) is 1.98. The highest BCUT2D eigenvalue weighted by molar-refractivity contribution is 5.94. The molecule has 1 saturated heterocycles. The van der Waals surface area contributed by atoms with E-state index in [-0.39, 0.29) is 31.0 Å². The largest absolute Gasteiger partial charge is 0.394 e. The molecule has 1 heterocycles. The minimum atomic E-state index is -0.272. The van der Waals surface area contributed by atoms with Crippen molar-refractivity contribution >= 4 is 18.3 Å². The number of ether oxygens (including phenoxy) is 1. The Labute approximate surface area is 118 Å². The summed E-state index contributed by atoms with van der Waals surface area (Å²) < 4.78 is 5.32. The van der Waals surface area contributed by atoms with Crippen molar-refractivity contribution in [1.29, 1.82) is 0 Å². The Kier molecular flexibility index (Phi) is 6.24. The van der Waals surface area contributed by atoms with E-state index < -0.39 is 0 Å². The van der Waals surface area contributed by atoms with Gasteiger partial charge >= 0.3 is 0 Å². The van der Waals surface area contributed by atoms with Gasteiger partial charge in [-0.15, -0.1) is 12.4 Å². The summed E-state index contributed by atoms with van der Waals surface area (Å²) in [6.45, 7) is 1.88. The number of aliphatic hydroxyl groups is 1. The van der Waals surface area contributed by atoms with Crippen molar-refractivity contribution in [2.24, 2.45) is 5.73 Å². The first-order chi connectivity index (χ1) is 8.74. The van der Waals surface area contributed by atoms with E-state index in [0.29, 0.717) is 31.8 Å². The molecule has 6 heteroatoms. The van der Waals surface area contributed by atoms with E-state index in [2.05, 4.69) is 0 Å². The van der Waals surface area contributed by atoms with Crippen LogP contribution in [0.1, 0.15) is 15.9 Å². The number of carbonyl (C=O) groups is 1. The van der Waals surface area contributed by atoms with E-state index in [0.717, 1.165) is 5.56 Å². The van der Waals surface area contributed by atoms with Crippen LogP contribution in [0.25, 0.3) is 0 Å². The topological polar surface area (TPSA) is 75.8 Å². The zero-order chi connectivity index (χ0) is 13.0. The van der Waals surface area contributed by atoms with Crippen LogP contribution >= 0.6 is 12.4 Å². The van der Waals surface area contributed by atoms with E-state index in [4.69, 9.17) is 15.6 Å². The molecule has 3 N–H and O–H groups in total. The molecule has 0 saturated carbocycles. The predicted molar refractivity (Wildman–Crippen MR) is 74.3 cm³/mol. The summed E-state index contributed by atoms with van der Waals surface area (Å²) in [6, 6.07) is 7.29. The van der Waals surface area contributed by atoms with Gasteiger partial charge in [-0.3, -0.25) is 4.79 Å². The molecule has 0 aromatic heterocycles. The zero-order valence-electron chi connectivity index (χ0n) is 10.6. The second kappa shape index (κ2) is 7.45. The lowest BCUT2D eigenvalue weighted by molar-refractivity contribution is -0.0447. The number of hydrogen-bond acceptors (Lipinski definition) is 4. The van der Waals surface area contributed by atoms with Gasteiger partial charge in [0, 0.05) is 25.2 Å². The number of benzene rings is 1. The monoisotopic (exact) mass is 286 g/mol. The van der Waals surface area contributed by atoms with Gasteiger partial charge in [0.15, 0.2) is 0 Å². The number of amides is 1. The minimum Gasteiger partial charge on any atom is -0.394 e. The Hall–Kier alpha value is -1.14. The highest BCUT2D eigenvalue weighted by Crippen LogP contribution is 2.11. The molecule has 5 nitrogen and oxygen atoms in total. The summed E-state index contributed by atoms with van der Waals surface area (Å²) in [7, 11) is 0. The lowest BCUT2D eigenvalue weighted by atomic mass is 10.1. The number of nitrogens with two attached hydrogens (primary N) is 1. The lowest BCUT2D eigenvalue weighted by Crippen LogP contribution is -2.46. The van der Waals surface area contributed by atoms with Crippen molar-refractivity contribution in [1.82, 2.24) is 4.90 Å². The van der Waals surface area contributed by atoms with E-state index >= 15 is 0 Å². The van der Waals surface area contributed by atoms with Crippen molar-refractivity contribution in [3.63, 3.8) is 0 Å². The van der Waals surface area contributed by atoms with E-state index in [9.17, 15) is 4.79 Å². The lowest BCUT2D eigenvalue weighted by Gasteiger charge is -2.32. The van der Waals surface area contributed by atoms with E-state index in [1.165, 1.54) is 0 Å². The first kappa shape index (κ1) is 15.9. The number of aliphatic hydroxyl groups excluding tert-OH is 1. The highest BCUT2D eigenvalue weighted by atomic mass is 35.5. The fourth-order valence-electron chi connectivity index (χ4n) is 1.98. The van der Waals surface area contributed by atoms with Gasteiger partial charge in [-0.05, 0) is 17.7 Å². The Balaban J connectivity index is 0.00000180. The molecular weight excluding hydrogens is 268 g/mol. The smallest absolute Gasteiger partial charge is 0.254 e. The molecule has 1 aromatic rings. The first-order valence-electron chi connectivity index (χ1n) is 6.05. The van der Waals surface area contributed by atoms with Crippen LogP contribution in [0.15, 0.2) is 24.3 Å². The van der Waals surface area contributed by atoms with Crippen LogP contribution in [-0.4, -0.2) is 48.3 Å². The summed E-state index contributed by atoms with van der Waals surface area (Å²) in [6.07, 6.45) is -0.272. The third-order valence-electron chi connectivity index (χ3n) is 3.07. The number of halogens is 1. The molecule has 1 atom stereocenters. The molecule has 1 aromatic carbocycles. The number of nitrogens with zero attached hydrogens (tertiary/aromatic N) is 1. The molecule has 0 spiro atoms. The van der Waals surface area contributed by atoms with Crippen LogP contribution in [0.5, 0.6) is 0 Å². The fraction of sp³-hybridized carbons (Fsp3) is 0.462. The van der Waals surface area contributed by atoms with Crippen LogP contribution in [0.2, 0.25) is 0 Å². The third kappa shape index (κ3) is 3.91. The summed E-state index contributed by atoms with van der Waals surface area (Å²) >= 11 is 0. The number of morpholine rings is 1. The van der Waals surface area contributed by atoms with Crippen molar-refractivity contribution < 1.29 is 14.6 Å². The quantitative estimate of drug-likeness (QED) is 0.843. The molecule has 0 radical (unpaired) electrons. The van der Waals surface area contributed by atoms with Crippen LogP contribution in [0.3, 0.4) is 0 Å². The van der Waals surface area contributed by atoms with Crippen LogP contribution < -0.4 is 5.73 Å². The molecule has 0 aliphatic carbocycles. The summed E-state index contributed by atoms with van der Waals surface area (Å²) in [4.78, 5) is 13.9. The third-order valence-corrected chi connectivity index (χ3v) is 3.07. The van der Waals surface area contributed by atoms with Crippen molar-refractivity contribution in [2.75, 3.05) is 26.3 Å². The molecule has 106 valence electrons. The average Bonchev–Trinajstić information content (AvgIpc) is 2.46. The first-order valence-corrected chi connectivity index (χ1v) is 6.05. The normalized spacial score (nSPS) is 18.8. The molecule has 1 aliphatic rings. The maximum absolute atomic E-state index is 12.2. The highest BCUT2D eigenvalue weighted by Gasteiger charge is 2.24. The maximum Gasteiger partial charge on any atom is 0.254 e. The Bertz CT molecular complexity index is 411. The summed E-state index contributed by atoms with van der Waals surface area (Å²) in [5.41, 5.74) is 7.16. The minimum absolute atomic E-state index is 0. The van der Waals surface area contributed by atoms with Crippen molar-refractivity contribution in [3.8, 4) is 0 Å². The molecule has 19 heavy (non-hydrogen) atoms. The molecule has 0 bridgehead atoms. The predicted octanol–water partition coefficient (Wildman–Crippen LogP) is 0.400. The standard InChI is InChI=1S/C13H18N2O3.ClH/c14-7-10-1-3-11(4-2-10)13(17)15-5-6-18-12(8-15)9-16;/h1-4,12,16H,5-9,14H2;1H. The van der Waals surface area contributed by atoms with Crippen molar-refractivity contribution in [2.45, 2.75) is 12.6 Å². The van der Waals surface area contributed by atoms with E-state index in [1.54, 1.807) is 17.0 Å². The molecule has 2 rings (SSSR count). The molecule has 1 aliphatic heterocycles. The SMILES string of the molecule is Cl.NCc1ccc(C(=O)N2CCOC(CO)C2)cc1. The molecule has 1 unspecified atom stereocenters. The van der Waals surface area contributed by atoms with Gasteiger partial charge in [0.2, 0.25) is 0 Å². The molecular formula is C13H19ClN2O3. The molecule has 1 fully saturated rings. The average molecular weight is 287 g/mol. The number of hydrogen-bond donors (Lipinski definition) is 2. The van der Waals surface area contributed by atoms with Crippen LogP contribution in [0.4, 0.5) is 0 Å². The Morgan fingerprint density at radius 2 is 2.11 bits per heavy atom. The Morgan fingerprint density at radius 1 is 1.42 bits per heavy atom. The van der Waals surface area contributed by atoms with Gasteiger partial charge in [0.25, 0.3) is 5.91 Å². The maximum atomic E-state index is 12.2. The van der Waals surface area contributed by atoms with E-state index in [1.807, 2.05) is 12.1 Å². The zero-order valence-corrected chi connectivity index (χ0v) is 11.4. The van der Waals surface area contributed by atoms with Gasteiger partial charge in [-0.1, -0.05) is 12.1 Å². The summed E-state index contributed by atoms with van der Waals surface area (Å²) in [5, 5.41) is 9.05. The second-order valence-electron chi connectivity index (χ2n) is 4.33.